The molecule has 5 heteroatoms. The van der Waals surface area contributed by atoms with Gasteiger partial charge in [-0.25, -0.2) is 0 Å². The molecule has 25 heavy (non-hydrogen) atoms. The van der Waals surface area contributed by atoms with E-state index in [9.17, 15) is 0 Å². The quantitative estimate of drug-likeness (QED) is 0.569. The van der Waals surface area contributed by atoms with Crippen molar-refractivity contribution in [3.05, 3.63) is 64.9 Å². The first-order valence-electron chi connectivity index (χ1n) is 8.75. The van der Waals surface area contributed by atoms with Gasteiger partial charge in [0, 0.05) is 35.8 Å². The Bertz CT molecular complexity index is 680. The minimum absolute atomic E-state index is 0.584. The lowest BCUT2D eigenvalue weighted by atomic mass is 9.93. The van der Waals surface area contributed by atoms with Gasteiger partial charge in [-0.05, 0) is 55.8 Å². The molecule has 0 radical (unpaired) electrons. The van der Waals surface area contributed by atoms with Crippen LogP contribution in [0.5, 0.6) is 0 Å². The van der Waals surface area contributed by atoms with Crippen LogP contribution in [0.1, 0.15) is 36.4 Å². The Morgan fingerprint density at radius 1 is 1.20 bits per heavy atom. The maximum absolute atomic E-state index is 5.97. The number of nitrogens with zero attached hydrogens (tertiary/aromatic N) is 3. The number of piperidine rings is 1. The number of rotatable bonds is 6. The van der Waals surface area contributed by atoms with Crippen LogP contribution in [0.3, 0.4) is 0 Å². The summed E-state index contributed by atoms with van der Waals surface area (Å²) >= 11 is 5.97. The Morgan fingerprint density at radius 2 is 1.96 bits per heavy atom. The van der Waals surface area contributed by atoms with Crippen molar-refractivity contribution in [2.45, 2.75) is 25.2 Å². The van der Waals surface area contributed by atoms with Gasteiger partial charge in [0.2, 0.25) is 0 Å². The molecule has 0 N–H and O–H groups in total. The molecular weight excluding hydrogens is 334 g/mol. The molecule has 1 fully saturated rings. The molecule has 0 aliphatic carbocycles. The first kappa shape index (κ1) is 17.9. The summed E-state index contributed by atoms with van der Waals surface area (Å²) in [4.78, 5) is 12.0. The summed E-state index contributed by atoms with van der Waals surface area (Å²) in [6.45, 7) is 3.18. The Labute approximate surface area is 154 Å². The van der Waals surface area contributed by atoms with Crippen LogP contribution in [0.15, 0.2) is 53.8 Å². The predicted molar refractivity (Wildman–Crippen MR) is 102 cm³/mol. The molecule has 0 spiro atoms. The van der Waals surface area contributed by atoms with E-state index in [2.05, 4.69) is 27.2 Å². The van der Waals surface area contributed by atoms with E-state index in [1.54, 1.807) is 7.11 Å². The van der Waals surface area contributed by atoms with Crippen LogP contribution in [0, 0.1) is 0 Å². The second-order valence-corrected chi connectivity index (χ2v) is 6.78. The minimum atomic E-state index is 0.584. The highest BCUT2D eigenvalue weighted by Gasteiger charge is 2.21. The number of halogens is 1. The van der Waals surface area contributed by atoms with Gasteiger partial charge in [-0.1, -0.05) is 35.0 Å². The Morgan fingerprint density at radius 3 is 2.60 bits per heavy atom. The maximum Gasteiger partial charge on any atom is 0.106 e. The Balaban J connectivity index is 1.53. The number of hydrogen-bond acceptors (Lipinski definition) is 4. The molecule has 1 aliphatic rings. The molecule has 4 nitrogen and oxygen atoms in total. The van der Waals surface area contributed by atoms with Gasteiger partial charge in [0.25, 0.3) is 0 Å². The number of pyridine rings is 1. The standard InChI is InChI=1S/C20H24ClN3O/c1-25-23-20(16-5-7-18(21)8-6-16)11-15-24-13-9-17(10-14-24)19-4-2-3-12-22-19/h2-8,12,17H,9-11,13-15H2,1H3/b23-20+. The maximum atomic E-state index is 5.97. The van der Waals surface area contributed by atoms with Crippen molar-refractivity contribution in [3.63, 3.8) is 0 Å². The van der Waals surface area contributed by atoms with Crippen LogP contribution < -0.4 is 0 Å². The van der Waals surface area contributed by atoms with Crippen molar-refractivity contribution >= 4 is 17.3 Å². The lowest BCUT2D eigenvalue weighted by molar-refractivity contribution is 0.205. The zero-order valence-corrected chi connectivity index (χ0v) is 15.3. The molecule has 0 amide bonds. The highest BCUT2D eigenvalue weighted by molar-refractivity contribution is 6.30. The Hall–Kier alpha value is -1.91. The number of aromatic nitrogens is 1. The summed E-state index contributed by atoms with van der Waals surface area (Å²) in [6.07, 6.45) is 5.08. The van der Waals surface area contributed by atoms with E-state index >= 15 is 0 Å². The van der Waals surface area contributed by atoms with Gasteiger partial charge in [-0.3, -0.25) is 4.98 Å². The lowest BCUT2D eigenvalue weighted by Gasteiger charge is -2.31. The fraction of sp³-hybridized carbons (Fsp3) is 0.400. The number of hydrogen-bond donors (Lipinski definition) is 0. The fourth-order valence-corrected chi connectivity index (χ4v) is 3.45. The van der Waals surface area contributed by atoms with Crippen molar-refractivity contribution in [2.75, 3.05) is 26.7 Å². The van der Waals surface area contributed by atoms with Gasteiger partial charge < -0.3 is 9.74 Å². The molecule has 1 aromatic heterocycles. The smallest absolute Gasteiger partial charge is 0.106 e. The first-order chi connectivity index (χ1) is 12.3. The van der Waals surface area contributed by atoms with Gasteiger partial charge in [0.15, 0.2) is 0 Å². The number of oxime groups is 1. The summed E-state index contributed by atoms with van der Waals surface area (Å²) in [6, 6.07) is 14.0. The summed E-state index contributed by atoms with van der Waals surface area (Å²) in [5.41, 5.74) is 3.26. The summed E-state index contributed by atoms with van der Waals surface area (Å²) in [5, 5.41) is 4.94. The van der Waals surface area contributed by atoms with Crippen LogP contribution in [-0.4, -0.2) is 42.3 Å². The van der Waals surface area contributed by atoms with Crippen LogP contribution >= 0.6 is 11.6 Å². The van der Waals surface area contributed by atoms with E-state index in [1.807, 2.05) is 36.5 Å². The van der Waals surface area contributed by atoms with Crippen LogP contribution in [0.25, 0.3) is 0 Å². The van der Waals surface area contributed by atoms with E-state index in [0.29, 0.717) is 5.92 Å². The largest absolute Gasteiger partial charge is 0.399 e. The normalized spacial score (nSPS) is 16.8. The summed E-state index contributed by atoms with van der Waals surface area (Å²) in [5.74, 6) is 0.584. The zero-order chi connectivity index (χ0) is 17.5. The molecule has 0 unspecified atom stereocenters. The average molecular weight is 358 g/mol. The van der Waals surface area contributed by atoms with Crippen molar-refractivity contribution in [2.24, 2.45) is 5.16 Å². The third-order valence-corrected chi connectivity index (χ3v) is 4.99. The Kier molecular flexibility index (Phi) is 6.42. The third-order valence-electron chi connectivity index (χ3n) is 4.74. The van der Waals surface area contributed by atoms with Crippen molar-refractivity contribution in [3.8, 4) is 0 Å². The van der Waals surface area contributed by atoms with Crippen molar-refractivity contribution in [1.29, 1.82) is 0 Å². The first-order valence-corrected chi connectivity index (χ1v) is 9.13. The van der Waals surface area contributed by atoms with Crippen LogP contribution in [0.2, 0.25) is 5.02 Å². The molecule has 3 rings (SSSR count). The molecule has 1 aliphatic heterocycles. The molecule has 2 heterocycles. The molecule has 2 aromatic rings. The fourth-order valence-electron chi connectivity index (χ4n) is 3.33. The van der Waals surface area contributed by atoms with E-state index in [1.165, 1.54) is 5.69 Å². The van der Waals surface area contributed by atoms with Crippen LogP contribution in [0.4, 0.5) is 0 Å². The van der Waals surface area contributed by atoms with Crippen molar-refractivity contribution in [1.82, 2.24) is 9.88 Å². The van der Waals surface area contributed by atoms with Crippen LogP contribution in [-0.2, 0) is 4.84 Å². The van der Waals surface area contributed by atoms with Gasteiger partial charge in [0.1, 0.15) is 7.11 Å². The highest BCUT2D eigenvalue weighted by Crippen LogP contribution is 2.26. The number of likely N-dealkylation sites (tertiary alicyclic amines) is 1. The monoisotopic (exact) mass is 357 g/mol. The highest BCUT2D eigenvalue weighted by atomic mass is 35.5. The van der Waals surface area contributed by atoms with E-state index < -0.39 is 0 Å². The zero-order valence-electron chi connectivity index (χ0n) is 14.6. The molecule has 0 bridgehead atoms. The molecular formula is C20H24ClN3O. The average Bonchev–Trinajstić information content (AvgIpc) is 2.67. The third kappa shape index (κ3) is 5.03. The second-order valence-electron chi connectivity index (χ2n) is 6.35. The number of benzene rings is 1. The van der Waals surface area contributed by atoms with E-state index in [0.717, 1.165) is 55.2 Å². The summed E-state index contributed by atoms with van der Waals surface area (Å²) in [7, 11) is 1.59. The SMILES string of the molecule is CO/N=C(\CCN1CCC(c2ccccn2)CC1)c1ccc(Cl)cc1. The van der Waals surface area contributed by atoms with E-state index in [-0.39, 0.29) is 0 Å². The topological polar surface area (TPSA) is 37.7 Å². The summed E-state index contributed by atoms with van der Waals surface area (Å²) < 4.78 is 0. The van der Waals surface area contributed by atoms with Crippen molar-refractivity contribution < 1.29 is 4.84 Å². The lowest BCUT2D eigenvalue weighted by Crippen LogP contribution is -2.34. The molecule has 132 valence electrons. The van der Waals surface area contributed by atoms with Gasteiger partial charge in [0.05, 0.1) is 5.71 Å². The van der Waals surface area contributed by atoms with Gasteiger partial charge in [-0.15, -0.1) is 0 Å². The van der Waals surface area contributed by atoms with Gasteiger partial charge in [-0.2, -0.15) is 0 Å². The van der Waals surface area contributed by atoms with E-state index in [4.69, 9.17) is 16.4 Å². The van der Waals surface area contributed by atoms with Gasteiger partial charge >= 0.3 is 0 Å². The predicted octanol–water partition coefficient (Wildman–Crippen LogP) is 4.36. The minimum Gasteiger partial charge on any atom is -0.399 e. The molecule has 1 saturated heterocycles. The molecule has 1 aromatic carbocycles. The second kappa shape index (κ2) is 8.97. The molecule has 0 atom stereocenters. The molecule has 0 saturated carbocycles.